The van der Waals surface area contributed by atoms with E-state index in [2.05, 4.69) is 19.6 Å². The summed E-state index contributed by atoms with van der Waals surface area (Å²) in [5.41, 5.74) is 0. The van der Waals surface area contributed by atoms with E-state index >= 15 is 0 Å². The zero-order valence-electron chi connectivity index (χ0n) is 5.71. The average Bonchev–Trinajstić information content (AvgIpc) is 1.88. The van der Waals surface area contributed by atoms with Crippen LogP contribution in [0.15, 0.2) is 24.8 Å². The monoisotopic (exact) mass is 124 g/mol. The van der Waals surface area contributed by atoms with Crippen molar-refractivity contribution in [2.45, 2.75) is 25.6 Å². The van der Waals surface area contributed by atoms with Crippen LogP contribution < -0.4 is 0 Å². The molecule has 50 valence electrons. The molecule has 0 saturated carbocycles. The standard InChI is InChI=1S/C8H12O/c1-3-8-6-4-5-7(2)9-8/h3-4,6-8H,1,5H2,2H3. The second-order valence-corrected chi connectivity index (χ2v) is 2.31. The molecule has 0 aromatic heterocycles. The van der Waals surface area contributed by atoms with E-state index in [0.717, 1.165) is 6.42 Å². The molecule has 0 spiro atoms. The molecule has 2 atom stereocenters. The van der Waals surface area contributed by atoms with Crippen molar-refractivity contribution in [1.29, 1.82) is 0 Å². The minimum Gasteiger partial charge on any atom is -0.367 e. The third kappa shape index (κ3) is 1.68. The van der Waals surface area contributed by atoms with E-state index in [4.69, 9.17) is 4.74 Å². The van der Waals surface area contributed by atoms with Crippen molar-refractivity contribution >= 4 is 0 Å². The van der Waals surface area contributed by atoms with Gasteiger partial charge in [-0.2, -0.15) is 0 Å². The number of rotatable bonds is 1. The first-order chi connectivity index (χ1) is 4.33. The fourth-order valence-electron chi connectivity index (χ4n) is 0.908. The second-order valence-electron chi connectivity index (χ2n) is 2.31. The molecule has 0 amide bonds. The normalized spacial score (nSPS) is 34.3. The van der Waals surface area contributed by atoms with Crippen molar-refractivity contribution in [1.82, 2.24) is 0 Å². The zero-order chi connectivity index (χ0) is 6.69. The van der Waals surface area contributed by atoms with Crippen LogP contribution in [0.4, 0.5) is 0 Å². The molecule has 0 aromatic carbocycles. The summed E-state index contributed by atoms with van der Waals surface area (Å²) in [6.45, 7) is 5.71. The lowest BCUT2D eigenvalue weighted by atomic mass is 10.2. The van der Waals surface area contributed by atoms with Crippen molar-refractivity contribution in [2.24, 2.45) is 0 Å². The smallest absolute Gasteiger partial charge is 0.0938 e. The Balaban J connectivity index is 2.48. The molecule has 0 bridgehead atoms. The fourth-order valence-corrected chi connectivity index (χ4v) is 0.908. The van der Waals surface area contributed by atoms with Gasteiger partial charge in [0.1, 0.15) is 0 Å². The molecule has 0 aromatic rings. The fraction of sp³-hybridized carbons (Fsp3) is 0.500. The number of ether oxygens (including phenoxy) is 1. The Kier molecular flexibility index (Phi) is 2.06. The quantitative estimate of drug-likeness (QED) is 0.485. The highest BCUT2D eigenvalue weighted by Gasteiger charge is 2.09. The van der Waals surface area contributed by atoms with E-state index < -0.39 is 0 Å². The predicted molar refractivity (Wildman–Crippen MR) is 38.3 cm³/mol. The maximum absolute atomic E-state index is 5.43. The number of hydrogen-bond donors (Lipinski definition) is 0. The molecule has 0 aliphatic carbocycles. The third-order valence-electron chi connectivity index (χ3n) is 1.42. The van der Waals surface area contributed by atoms with Gasteiger partial charge in [-0.1, -0.05) is 18.2 Å². The first-order valence-corrected chi connectivity index (χ1v) is 3.27. The van der Waals surface area contributed by atoms with Gasteiger partial charge in [0.2, 0.25) is 0 Å². The molecular weight excluding hydrogens is 112 g/mol. The highest BCUT2D eigenvalue weighted by Crippen LogP contribution is 2.11. The number of hydrogen-bond acceptors (Lipinski definition) is 1. The van der Waals surface area contributed by atoms with Crippen LogP contribution in [0.25, 0.3) is 0 Å². The predicted octanol–water partition coefficient (Wildman–Crippen LogP) is 1.91. The first-order valence-electron chi connectivity index (χ1n) is 3.27. The van der Waals surface area contributed by atoms with E-state index in [1.807, 2.05) is 12.2 Å². The average molecular weight is 124 g/mol. The molecule has 0 N–H and O–H groups in total. The van der Waals surface area contributed by atoms with Crippen LogP contribution in [0.1, 0.15) is 13.3 Å². The molecule has 0 radical (unpaired) electrons. The lowest BCUT2D eigenvalue weighted by molar-refractivity contribution is 0.0424. The van der Waals surface area contributed by atoms with Crippen LogP contribution in [0.5, 0.6) is 0 Å². The molecule has 1 rings (SSSR count). The van der Waals surface area contributed by atoms with Gasteiger partial charge in [-0.05, 0) is 13.3 Å². The van der Waals surface area contributed by atoms with Crippen LogP contribution >= 0.6 is 0 Å². The Hall–Kier alpha value is -0.560. The van der Waals surface area contributed by atoms with Crippen molar-refractivity contribution in [3.63, 3.8) is 0 Å². The van der Waals surface area contributed by atoms with E-state index in [0.29, 0.717) is 6.10 Å². The molecule has 0 saturated heterocycles. The van der Waals surface area contributed by atoms with E-state index in [1.54, 1.807) is 0 Å². The molecule has 9 heavy (non-hydrogen) atoms. The summed E-state index contributed by atoms with van der Waals surface area (Å²) in [5, 5.41) is 0. The minimum absolute atomic E-state index is 0.147. The van der Waals surface area contributed by atoms with Gasteiger partial charge in [0.05, 0.1) is 12.2 Å². The van der Waals surface area contributed by atoms with Gasteiger partial charge < -0.3 is 4.74 Å². The molecule has 1 nitrogen and oxygen atoms in total. The van der Waals surface area contributed by atoms with E-state index in [-0.39, 0.29) is 6.10 Å². The molecule has 0 fully saturated rings. The van der Waals surface area contributed by atoms with Crippen LogP contribution in [-0.2, 0) is 4.74 Å². The minimum atomic E-state index is 0.147. The van der Waals surface area contributed by atoms with Gasteiger partial charge in [-0.25, -0.2) is 0 Å². The lowest BCUT2D eigenvalue weighted by Crippen LogP contribution is -2.18. The topological polar surface area (TPSA) is 9.23 Å². The van der Waals surface area contributed by atoms with Gasteiger partial charge in [0.15, 0.2) is 0 Å². The molecule has 1 aliphatic heterocycles. The van der Waals surface area contributed by atoms with Gasteiger partial charge in [-0.3, -0.25) is 0 Å². The summed E-state index contributed by atoms with van der Waals surface area (Å²) in [7, 11) is 0. The Bertz CT molecular complexity index is 127. The van der Waals surface area contributed by atoms with E-state index in [1.165, 1.54) is 0 Å². The maximum Gasteiger partial charge on any atom is 0.0938 e. The molecule has 1 aliphatic rings. The van der Waals surface area contributed by atoms with Crippen molar-refractivity contribution < 1.29 is 4.74 Å². The van der Waals surface area contributed by atoms with Crippen molar-refractivity contribution in [3.8, 4) is 0 Å². The summed E-state index contributed by atoms with van der Waals surface area (Å²) >= 11 is 0. The van der Waals surface area contributed by atoms with Gasteiger partial charge in [0, 0.05) is 0 Å². The second kappa shape index (κ2) is 2.83. The summed E-state index contributed by atoms with van der Waals surface area (Å²) in [6, 6.07) is 0. The highest BCUT2D eigenvalue weighted by molar-refractivity contribution is 5.02. The Morgan fingerprint density at radius 1 is 1.78 bits per heavy atom. The molecule has 1 heterocycles. The molecular formula is C8H12O. The van der Waals surface area contributed by atoms with Crippen molar-refractivity contribution in [3.05, 3.63) is 24.8 Å². The maximum atomic E-state index is 5.43. The van der Waals surface area contributed by atoms with Gasteiger partial charge >= 0.3 is 0 Å². The molecule has 1 heteroatoms. The SMILES string of the molecule is C=CC1C=CCC(C)O1. The first kappa shape index (κ1) is 6.56. The van der Waals surface area contributed by atoms with Crippen LogP contribution in [0, 0.1) is 0 Å². The Morgan fingerprint density at radius 2 is 2.56 bits per heavy atom. The van der Waals surface area contributed by atoms with Crippen LogP contribution in [0.3, 0.4) is 0 Å². The molecule has 2 unspecified atom stereocenters. The summed E-state index contributed by atoms with van der Waals surface area (Å²) in [4.78, 5) is 0. The van der Waals surface area contributed by atoms with E-state index in [9.17, 15) is 0 Å². The van der Waals surface area contributed by atoms with Crippen LogP contribution in [-0.4, -0.2) is 12.2 Å². The van der Waals surface area contributed by atoms with Crippen molar-refractivity contribution in [2.75, 3.05) is 0 Å². The Morgan fingerprint density at radius 3 is 3.00 bits per heavy atom. The summed E-state index contributed by atoms with van der Waals surface area (Å²) < 4.78 is 5.43. The summed E-state index contributed by atoms with van der Waals surface area (Å²) in [6.07, 6.45) is 7.52. The van der Waals surface area contributed by atoms with Crippen LogP contribution in [0.2, 0.25) is 0 Å². The zero-order valence-corrected chi connectivity index (χ0v) is 5.71. The lowest BCUT2D eigenvalue weighted by Gasteiger charge is -2.19. The third-order valence-corrected chi connectivity index (χ3v) is 1.42. The highest BCUT2D eigenvalue weighted by atomic mass is 16.5. The largest absolute Gasteiger partial charge is 0.367 e. The Labute approximate surface area is 56.0 Å². The van der Waals surface area contributed by atoms with Gasteiger partial charge in [0.25, 0.3) is 0 Å². The summed E-state index contributed by atoms with van der Waals surface area (Å²) in [5.74, 6) is 0. The van der Waals surface area contributed by atoms with Gasteiger partial charge in [-0.15, -0.1) is 6.58 Å².